The maximum atomic E-state index is 13.1. The van der Waals surface area contributed by atoms with Gasteiger partial charge in [0.15, 0.2) is 0 Å². The molecule has 0 aliphatic carbocycles. The van der Waals surface area contributed by atoms with Gasteiger partial charge in [-0.1, -0.05) is 0 Å². The molecule has 0 radical (unpaired) electrons. The Labute approximate surface area is 78.2 Å². The monoisotopic (exact) mass is 198 g/mol. The Balaban J connectivity index is 3.47. The van der Waals surface area contributed by atoms with Crippen molar-refractivity contribution in [2.75, 3.05) is 0 Å². The third kappa shape index (κ3) is 1.60. The van der Waals surface area contributed by atoms with E-state index in [4.69, 9.17) is 5.26 Å². The minimum atomic E-state index is -1.14. The average molecular weight is 198 g/mol. The molecular weight excluding hydrogens is 195 g/mol. The summed E-state index contributed by atoms with van der Waals surface area (Å²) in [5, 5.41) is 18.7. The zero-order chi connectivity index (χ0) is 10.0. The summed E-state index contributed by atoms with van der Waals surface area (Å²) in [7, 11) is 0. The van der Waals surface area contributed by atoms with E-state index in [1.807, 2.05) is 0 Å². The standard InChI is InChI=1S/C7H3FN2O2S/c8-7-4(3-9)6(13)2-1-5(7)10(11)12/h1-2,13H. The SMILES string of the molecule is N#Cc1c(S)ccc([N+](=O)[O-])c1F. The Morgan fingerprint density at radius 2 is 2.23 bits per heavy atom. The maximum absolute atomic E-state index is 13.1. The number of hydrogen-bond donors (Lipinski definition) is 1. The molecule has 0 amide bonds. The van der Waals surface area contributed by atoms with Gasteiger partial charge >= 0.3 is 5.69 Å². The lowest BCUT2D eigenvalue weighted by molar-refractivity contribution is -0.387. The van der Waals surface area contributed by atoms with Crippen LogP contribution in [-0.2, 0) is 0 Å². The van der Waals surface area contributed by atoms with Gasteiger partial charge < -0.3 is 0 Å². The van der Waals surface area contributed by atoms with Crippen LogP contribution in [0, 0.1) is 27.3 Å². The molecule has 0 bridgehead atoms. The number of rotatable bonds is 1. The Bertz CT molecular complexity index is 414. The van der Waals surface area contributed by atoms with Crippen LogP contribution in [0.5, 0.6) is 0 Å². The molecule has 6 heteroatoms. The summed E-state index contributed by atoms with van der Waals surface area (Å²) in [5.41, 5.74) is -1.12. The van der Waals surface area contributed by atoms with Crippen LogP contribution >= 0.6 is 12.6 Å². The predicted octanol–water partition coefficient (Wildman–Crippen LogP) is 1.89. The Morgan fingerprint density at radius 3 is 2.69 bits per heavy atom. The zero-order valence-electron chi connectivity index (χ0n) is 6.19. The van der Waals surface area contributed by atoms with E-state index in [-0.39, 0.29) is 4.90 Å². The number of halogens is 1. The predicted molar refractivity (Wildman–Crippen MR) is 45.0 cm³/mol. The van der Waals surface area contributed by atoms with E-state index in [1.165, 1.54) is 12.1 Å². The number of nitro benzene ring substituents is 1. The summed E-state index contributed by atoms with van der Waals surface area (Å²) in [6, 6.07) is 3.68. The first-order valence-corrected chi connectivity index (χ1v) is 3.58. The maximum Gasteiger partial charge on any atom is 0.306 e. The number of nitriles is 1. The molecule has 0 saturated heterocycles. The molecule has 0 heterocycles. The van der Waals surface area contributed by atoms with Crippen molar-refractivity contribution in [3.63, 3.8) is 0 Å². The average Bonchev–Trinajstić information content (AvgIpc) is 2.04. The molecule has 0 saturated carbocycles. The van der Waals surface area contributed by atoms with Crippen LogP contribution in [0.2, 0.25) is 0 Å². The third-order valence-electron chi connectivity index (χ3n) is 1.41. The fourth-order valence-electron chi connectivity index (χ4n) is 0.802. The lowest BCUT2D eigenvalue weighted by Gasteiger charge is -1.97. The van der Waals surface area contributed by atoms with Gasteiger partial charge in [-0.15, -0.1) is 12.6 Å². The molecule has 0 unspecified atom stereocenters. The zero-order valence-corrected chi connectivity index (χ0v) is 7.09. The van der Waals surface area contributed by atoms with E-state index in [9.17, 15) is 14.5 Å². The normalized spacial score (nSPS) is 9.31. The highest BCUT2D eigenvalue weighted by atomic mass is 32.1. The number of hydrogen-bond acceptors (Lipinski definition) is 4. The van der Waals surface area contributed by atoms with Gasteiger partial charge in [-0.25, -0.2) is 0 Å². The first-order valence-electron chi connectivity index (χ1n) is 3.14. The highest BCUT2D eigenvalue weighted by Crippen LogP contribution is 2.24. The van der Waals surface area contributed by atoms with Crippen molar-refractivity contribution < 1.29 is 9.31 Å². The molecule has 1 rings (SSSR count). The van der Waals surface area contributed by atoms with Gasteiger partial charge in [0, 0.05) is 11.0 Å². The van der Waals surface area contributed by atoms with E-state index in [2.05, 4.69) is 12.6 Å². The Hall–Kier alpha value is -1.61. The number of nitro groups is 1. The topological polar surface area (TPSA) is 66.9 Å². The molecule has 13 heavy (non-hydrogen) atoms. The van der Waals surface area contributed by atoms with E-state index in [1.54, 1.807) is 0 Å². The van der Waals surface area contributed by atoms with Crippen molar-refractivity contribution in [1.29, 1.82) is 5.26 Å². The van der Waals surface area contributed by atoms with Crippen LogP contribution < -0.4 is 0 Å². The molecule has 1 aromatic rings. The largest absolute Gasteiger partial charge is 0.306 e. The van der Waals surface area contributed by atoms with Gasteiger partial charge in [0.1, 0.15) is 11.6 Å². The minimum Gasteiger partial charge on any atom is -0.258 e. The molecule has 66 valence electrons. The second-order valence-corrected chi connectivity index (χ2v) is 2.64. The van der Waals surface area contributed by atoms with Crippen LogP contribution in [0.15, 0.2) is 17.0 Å². The van der Waals surface area contributed by atoms with Crippen molar-refractivity contribution in [3.8, 4) is 6.07 Å². The lowest BCUT2D eigenvalue weighted by Crippen LogP contribution is -1.95. The Kier molecular flexibility index (Phi) is 2.49. The lowest BCUT2D eigenvalue weighted by atomic mass is 10.2. The number of nitrogens with zero attached hydrogens (tertiary/aromatic N) is 2. The minimum absolute atomic E-state index is 0.0885. The summed E-state index contributed by atoms with van der Waals surface area (Å²) >= 11 is 3.78. The summed E-state index contributed by atoms with van der Waals surface area (Å²) in [5.74, 6) is -1.14. The van der Waals surface area contributed by atoms with E-state index in [0.29, 0.717) is 0 Å². The quantitative estimate of drug-likeness (QED) is 0.425. The fraction of sp³-hybridized carbons (Fsp3) is 0. The summed E-state index contributed by atoms with van der Waals surface area (Å²) in [6.45, 7) is 0. The molecule has 0 aliphatic heterocycles. The van der Waals surface area contributed by atoms with E-state index >= 15 is 0 Å². The highest BCUT2D eigenvalue weighted by Gasteiger charge is 2.19. The summed E-state index contributed by atoms with van der Waals surface area (Å²) < 4.78 is 13.1. The molecule has 4 nitrogen and oxygen atoms in total. The van der Waals surface area contributed by atoms with Crippen LogP contribution in [0.4, 0.5) is 10.1 Å². The van der Waals surface area contributed by atoms with Crippen LogP contribution in [0.25, 0.3) is 0 Å². The molecule has 0 aromatic heterocycles. The van der Waals surface area contributed by atoms with Gasteiger partial charge in [0.2, 0.25) is 5.82 Å². The molecule has 0 spiro atoms. The molecule has 0 atom stereocenters. The van der Waals surface area contributed by atoms with Crippen molar-refractivity contribution in [1.82, 2.24) is 0 Å². The molecular formula is C7H3FN2O2S. The van der Waals surface area contributed by atoms with Crippen molar-refractivity contribution >= 4 is 18.3 Å². The molecule has 0 fully saturated rings. The van der Waals surface area contributed by atoms with Crippen LogP contribution in [0.1, 0.15) is 5.56 Å². The smallest absolute Gasteiger partial charge is 0.258 e. The first-order chi connectivity index (χ1) is 6.07. The number of thiol groups is 1. The first kappa shape index (κ1) is 9.48. The van der Waals surface area contributed by atoms with Gasteiger partial charge in [-0.05, 0) is 6.07 Å². The Morgan fingerprint density at radius 1 is 1.62 bits per heavy atom. The second kappa shape index (κ2) is 3.41. The van der Waals surface area contributed by atoms with E-state index < -0.39 is 22.0 Å². The van der Waals surface area contributed by atoms with E-state index in [0.717, 1.165) is 6.07 Å². The highest BCUT2D eigenvalue weighted by molar-refractivity contribution is 7.80. The molecule has 1 aromatic carbocycles. The van der Waals surface area contributed by atoms with Crippen molar-refractivity contribution in [2.45, 2.75) is 4.90 Å². The molecule has 0 aliphatic rings. The second-order valence-electron chi connectivity index (χ2n) is 2.16. The van der Waals surface area contributed by atoms with Crippen molar-refractivity contribution in [2.24, 2.45) is 0 Å². The summed E-state index contributed by atoms with van der Waals surface area (Å²) in [6.07, 6.45) is 0. The van der Waals surface area contributed by atoms with Crippen molar-refractivity contribution in [3.05, 3.63) is 33.6 Å². The third-order valence-corrected chi connectivity index (χ3v) is 1.78. The van der Waals surface area contributed by atoms with Crippen LogP contribution in [-0.4, -0.2) is 4.92 Å². The van der Waals surface area contributed by atoms with Gasteiger partial charge in [0.05, 0.1) is 4.92 Å². The van der Waals surface area contributed by atoms with Gasteiger partial charge in [0.25, 0.3) is 0 Å². The summed E-state index contributed by atoms with van der Waals surface area (Å²) in [4.78, 5) is 9.44. The van der Waals surface area contributed by atoms with Gasteiger partial charge in [-0.3, -0.25) is 10.1 Å². The van der Waals surface area contributed by atoms with Crippen LogP contribution in [0.3, 0.4) is 0 Å². The number of benzene rings is 1. The van der Waals surface area contributed by atoms with Gasteiger partial charge in [-0.2, -0.15) is 9.65 Å². The molecule has 0 N–H and O–H groups in total. The fourth-order valence-corrected chi connectivity index (χ4v) is 1.02.